The maximum Gasteiger partial charge on any atom is 0.256 e. The van der Waals surface area contributed by atoms with E-state index >= 15 is 0 Å². The molecule has 3 aromatic rings. The molecular weight excluding hydrogens is 428 g/mol. The molecule has 162 valence electrons. The van der Waals surface area contributed by atoms with Crippen LogP contribution in [0.25, 0.3) is 10.9 Å². The van der Waals surface area contributed by atoms with Crippen LogP contribution in [0.5, 0.6) is 5.88 Å². The molecule has 4 rings (SSSR count). The predicted octanol–water partition coefficient (Wildman–Crippen LogP) is 2.53. The van der Waals surface area contributed by atoms with Gasteiger partial charge in [-0.1, -0.05) is 0 Å². The summed E-state index contributed by atoms with van der Waals surface area (Å²) >= 11 is 1.22. The van der Waals surface area contributed by atoms with Crippen LogP contribution in [0, 0.1) is 0 Å². The van der Waals surface area contributed by atoms with Crippen molar-refractivity contribution in [2.45, 2.75) is 31.1 Å². The van der Waals surface area contributed by atoms with Crippen molar-refractivity contribution in [3.63, 3.8) is 0 Å². The van der Waals surface area contributed by atoms with E-state index in [-0.39, 0.29) is 26.1 Å². The molecule has 30 heavy (non-hydrogen) atoms. The number of rotatable bonds is 9. The highest BCUT2D eigenvalue weighted by Crippen LogP contribution is 2.44. The number of ether oxygens (including phenoxy) is 2. The Morgan fingerprint density at radius 1 is 1.33 bits per heavy atom. The molecule has 0 aromatic carbocycles. The number of hydrogen-bond donors (Lipinski definition) is 1. The fourth-order valence-corrected chi connectivity index (χ4v) is 5.46. The number of nitrogens with one attached hydrogen (secondary N) is 1. The van der Waals surface area contributed by atoms with E-state index in [1.54, 1.807) is 37.0 Å². The summed E-state index contributed by atoms with van der Waals surface area (Å²) < 4.78 is 39.9. The largest absolute Gasteiger partial charge is 0.474 e. The number of pyridine rings is 2. The van der Waals surface area contributed by atoms with Crippen molar-refractivity contribution in [2.75, 3.05) is 17.9 Å². The van der Waals surface area contributed by atoms with Gasteiger partial charge in [0.15, 0.2) is 5.13 Å². The Hall–Kier alpha value is -2.50. The van der Waals surface area contributed by atoms with Gasteiger partial charge in [-0.25, -0.2) is 18.4 Å². The molecule has 0 spiro atoms. The first-order valence-corrected chi connectivity index (χ1v) is 11.8. The van der Waals surface area contributed by atoms with Gasteiger partial charge in [0.05, 0.1) is 6.61 Å². The summed E-state index contributed by atoms with van der Waals surface area (Å²) in [6, 6.07) is 3.54. The fraction of sp³-hybridized carbons (Fsp3) is 0.421. The first-order chi connectivity index (χ1) is 14.4. The lowest BCUT2D eigenvalue weighted by Gasteiger charge is -2.18. The topological polar surface area (TPSA) is 112 Å². The number of aromatic nitrogens is 3. The lowest BCUT2D eigenvalue weighted by atomic mass is 10.2. The zero-order valence-corrected chi connectivity index (χ0v) is 18.3. The van der Waals surface area contributed by atoms with Crippen molar-refractivity contribution in [1.82, 2.24) is 14.5 Å². The Balaban J connectivity index is 0.00000272. The summed E-state index contributed by atoms with van der Waals surface area (Å²) in [6.45, 7) is 2.54. The van der Waals surface area contributed by atoms with Crippen LogP contribution in [0.3, 0.4) is 0 Å². The molecule has 0 amide bonds. The molecule has 0 bridgehead atoms. The van der Waals surface area contributed by atoms with E-state index in [2.05, 4.69) is 14.7 Å². The molecule has 0 saturated heterocycles. The van der Waals surface area contributed by atoms with E-state index in [1.165, 1.54) is 15.9 Å². The molecule has 3 heterocycles. The summed E-state index contributed by atoms with van der Waals surface area (Å²) in [5.74, 6) is 0.228. The van der Waals surface area contributed by atoms with Gasteiger partial charge in [0.1, 0.15) is 16.9 Å². The molecule has 1 saturated carbocycles. The molecule has 1 aliphatic carbocycles. The molecule has 9 nitrogen and oxygen atoms in total. The molecule has 3 aromatic heterocycles. The maximum absolute atomic E-state index is 12.8. The Morgan fingerprint density at radius 3 is 2.80 bits per heavy atom. The molecule has 0 radical (unpaired) electrons. The van der Waals surface area contributed by atoms with E-state index in [0.717, 1.165) is 5.39 Å². The lowest BCUT2D eigenvalue weighted by molar-refractivity contribution is 0.133. The second-order valence-electron chi connectivity index (χ2n) is 7.14. The van der Waals surface area contributed by atoms with Gasteiger partial charge in [-0.15, -0.1) is 11.3 Å². The summed E-state index contributed by atoms with van der Waals surface area (Å²) in [4.78, 5) is 20.9. The highest BCUT2D eigenvalue weighted by molar-refractivity contribution is 7.94. The van der Waals surface area contributed by atoms with Gasteiger partial charge in [-0.2, -0.15) is 0 Å². The molecule has 1 aliphatic rings. The van der Waals surface area contributed by atoms with Crippen molar-refractivity contribution in [1.29, 1.82) is 0 Å². The number of nitrogens with zero attached hydrogens (tertiary/aromatic N) is 3. The van der Waals surface area contributed by atoms with Crippen LogP contribution in [0.4, 0.5) is 5.13 Å². The first kappa shape index (κ1) is 20.8. The van der Waals surface area contributed by atoms with Crippen LogP contribution in [-0.4, -0.2) is 40.9 Å². The maximum atomic E-state index is 12.8. The van der Waals surface area contributed by atoms with Gasteiger partial charge >= 0.3 is 0 Å². The number of aryl methyl sites for hydroxylation is 1. The van der Waals surface area contributed by atoms with Crippen molar-refractivity contribution in [3.8, 4) is 5.88 Å². The van der Waals surface area contributed by atoms with Crippen LogP contribution >= 0.6 is 11.3 Å². The van der Waals surface area contributed by atoms with Crippen LogP contribution in [0.2, 0.25) is 0 Å². The summed E-state index contributed by atoms with van der Waals surface area (Å²) in [5, 5.41) is 2.80. The third kappa shape index (κ3) is 3.80. The summed E-state index contributed by atoms with van der Waals surface area (Å²) in [5.41, 5.74) is 0.856. The monoisotopic (exact) mass is 452 g/mol. The van der Waals surface area contributed by atoms with Crippen molar-refractivity contribution < 1.29 is 19.3 Å². The standard InChI is InChI=1S/C19H22N4O5S2.H2/c1-3-27-11-14-10-13-4-7-20-16(15(13)23(2)17(14)24)28-12-19(5-6-19)30(25,26)22-18-21-8-9-29-18;/h4,7-10H,3,5-6,11-12H2,1-2H3,(H,21,22);1H. The molecule has 1 fully saturated rings. The lowest BCUT2D eigenvalue weighted by Crippen LogP contribution is -2.35. The molecule has 0 atom stereocenters. The van der Waals surface area contributed by atoms with Crippen molar-refractivity contribution >= 4 is 37.4 Å². The minimum Gasteiger partial charge on any atom is -0.474 e. The number of hydrogen-bond acceptors (Lipinski definition) is 8. The van der Waals surface area contributed by atoms with E-state index in [1.807, 2.05) is 6.92 Å². The molecule has 0 aliphatic heterocycles. The minimum atomic E-state index is -3.67. The second-order valence-corrected chi connectivity index (χ2v) is 10.1. The van der Waals surface area contributed by atoms with Crippen molar-refractivity contribution in [3.05, 3.63) is 45.8 Å². The van der Waals surface area contributed by atoms with Crippen LogP contribution in [-0.2, 0) is 28.4 Å². The highest BCUT2D eigenvalue weighted by Gasteiger charge is 2.56. The van der Waals surface area contributed by atoms with Gasteiger partial charge in [0, 0.05) is 43.8 Å². The van der Waals surface area contributed by atoms with Crippen LogP contribution in [0.15, 0.2) is 34.7 Å². The number of thiazole rings is 1. The van der Waals surface area contributed by atoms with E-state index in [9.17, 15) is 13.2 Å². The van der Waals surface area contributed by atoms with Crippen LogP contribution in [0.1, 0.15) is 26.8 Å². The van der Waals surface area contributed by atoms with Gasteiger partial charge in [0.25, 0.3) is 5.56 Å². The highest BCUT2D eigenvalue weighted by atomic mass is 32.2. The van der Waals surface area contributed by atoms with Crippen molar-refractivity contribution in [2.24, 2.45) is 7.05 Å². The fourth-order valence-electron chi connectivity index (χ4n) is 3.22. The number of sulfonamides is 1. The van der Waals surface area contributed by atoms with E-state index in [4.69, 9.17) is 9.47 Å². The predicted molar refractivity (Wildman–Crippen MR) is 117 cm³/mol. The smallest absolute Gasteiger partial charge is 0.256 e. The SMILES string of the molecule is CCOCc1cc2ccnc(OCC3(S(=O)(=O)Nc4nccs4)CC3)c2n(C)c1=O.[HH]. The Morgan fingerprint density at radius 2 is 2.13 bits per heavy atom. The average molecular weight is 453 g/mol. The Kier molecular flexibility index (Phi) is 5.51. The molecule has 0 unspecified atom stereocenters. The molecular formula is C19H24N4O5S2. The average Bonchev–Trinajstić information content (AvgIpc) is 3.38. The quantitative estimate of drug-likeness (QED) is 0.531. The normalized spacial score (nSPS) is 15.3. The van der Waals surface area contributed by atoms with Gasteiger partial charge in [-0.3, -0.25) is 9.52 Å². The molecule has 11 heteroatoms. The third-order valence-corrected chi connectivity index (χ3v) is 8.08. The van der Waals surface area contributed by atoms with E-state index in [0.29, 0.717) is 35.7 Å². The second kappa shape index (κ2) is 7.97. The number of anilines is 1. The third-order valence-electron chi connectivity index (χ3n) is 5.13. The van der Waals surface area contributed by atoms with Gasteiger partial charge in [0.2, 0.25) is 15.9 Å². The summed E-state index contributed by atoms with van der Waals surface area (Å²) in [6.07, 6.45) is 4.08. The zero-order chi connectivity index (χ0) is 21.4. The van der Waals surface area contributed by atoms with Crippen LogP contribution < -0.4 is 15.0 Å². The van der Waals surface area contributed by atoms with Gasteiger partial charge < -0.3 is 14.0 Å². The Labute approximate surface area is 179 Å². The summed E-state index contributed by atoms with van der Waals surface area (Å²) in [7, 11) is -2.03. The Bertz CT molecular complexity index is 1220. The van der Waals surface area contributed by atoms with E-state index < -0.39 is 14.8 Å². The minimum absolute atomic E-state index is 0. The number of fused-ring (bicyclic) bond motifs is 1. The molecule has 1 N–H and O–H groups in total. The van der Waals surface area contributed by atoms with Gasteiger partial charge in [-0.05, 0) is 31.9 Å². The first-order valence-electron chi connectivity index (χ1n) is 9.47. The zero-order valence-electron chi connectivity index (χ0n) is 16.6.